The van der Waals surface area contributed by atoms with E-state index in [0.29, 0.717) is 30.6 Å². The third-order valence-corrected chi connectivity index (χ3v) is 7.24. The predicted molar refractivity (Wildman–Crippen MR) is 159 cm³/mol. The number of hydrogen-bond donors (Lipinski definition) is 3. The molecule has 1 aliphatic rings. The summed E-state index contributed by atoms with van der Waals surface area (Å²) in [7, 11) is 0. The number of aliphatic hydroxyl groups is 2. The third kappa shape index (κ3) is 11.9. The van der Waals surface area contributed by atoms with Gasteiger partial charge >= 0.3 is 5.97 Å². The van der Waals surface area contributed by atoms with Crippen LogP contribution in [0.2, 0.25) is 0 Å². The number of nitrogens with one attached hydrogen (secondary N) is 1. The Labute approximate surface area is 259 Å². The van der Waals surface area contributed by atoms with Gasteiger partial charge in [0.15, 0.2) is 6.61 Å². The summed E-state index contributed by atoms with van der Waals surface area (Å²) in [5.74, 6) is -5.11. The summed E-state index contributed by atoms with van der Waals surface area (Å²) in [6, 6.07) is 13.4. The first-order valence-electron chi connectivity index (χ1n) is 14.6. The van der Waals surface area contributed by atoms with E-state index in [0.717, 1.165) is 6.08 Å². The first kappa shape index (κ1) is 35.1. The van der Waals surface area contributed by atoms with Gasteiger partial charge in [-0.25, -0.2) is 4.79 Å². The van der Waals surface area contributed by atoms with Gasteiger partial charge in [0.1, 0.15) is 24.1 Å². The first-order chi connectivity index (χ1) is 21.4. The van der Waals surface area contributed by atoms with Crippen molar-refractivity contribution in [1.29, 1.82) is 0 Å². The predicted octanol–water partition coefficient (Wildman–Crippen LogP) is 4.55. The number of unbranched alkanes of at least 4 members (excludes halogenated alkanes) is 1. The Bertz CT molecular complexity index is 1320. The fourth-order valence-electron chi connectivity index (χ4n) is 4.87. The van der Waals surface area contributed by atoms with Gasteiger partial charge in [-0.2, -0.15) is 8.78 Å². The fourth-order valence-corrected chi connectivity index (χ4v) is 4.87. The number of rotatable bonds is 17. The molecule has 0 aromatic heterocycles. The molecular weight excluding hydrogens is 594 g/mol. The van der Waals surface area contributed by atoms with Crippen molar-refractivity contribution in [3.05, 3.63) is 94.6 Å². The maximum Gasteiger partial charge on any atom is 0.333 e. The van der Waals surface area contributed by atoms with Gasteiger partial charge in [0.05, 0.1) is 12.2 Å². The minimum atomic E-state index is -3.27. The van der Waals surface area contributed by atoms with E-state index in [1.807, 2.05) is 6.08 Å². The maximum atomic E-state index is 14.4. The van der Waals surface area contributed by atoms with Crippen LogP contribution < -0.4 is 14.8 Å². The van der Waals surface area contributed by atoms with E-state index in [4.69, 9.17) is 9.47 Å². The average molecular weight is 633 g/mol. The molecule has 1 amide bonds. The second kappa shape index (κ2) is 17.2. The molecule has 5 atom stereocenters. The summed E-state index contributed by atoms with van der Waals surface area (Å²) in [6.45, 7) is 0.198. The van der Waals surface area contributed by atoms with Crippen LogP contribution in [0.4, 0.5) is 8.78 Å². The van der Waals surface area contributed by atoms with Gasteiger partial charge in [-0.05, 0) is 56.4 Å². The summed E-state index contributed by atoms with van der Waals surface area (Å²) in [5, 5.41) is 32.8. The van der Waals surface area contributed by atoms with E-state index in [1.54, 1.807) is 48.5 Å². The van der Waals surface area contributed by atoms with Gasteiger partial charge in [-0.3, -0.25) is 4.79 Å². The van der Waals surface area contributed by atoms with Crippen molar-refractivity contribution in [2.24, 2.45) is 11.8 Å². The number of esters is 1. The highest BCUT2D eigenvalue weighted by Crippen LogP contribution is 2.37. The SMILES string of the molecule is CC(NC(=O)CCC/C=C\C[C@@H]1[C@@H](/C=C/C(F)(F)COc2ccccc2)[C@H](O)C[C@@H]1O)C(=O)Oc1ccccc1CO[N+](=O)[O-]. The van der Waals surface area contributed by atoms with Gasteiger partial charge in [0.2, 0.25) is 5.91 Å². The van der Waals surface area contributed by atoms with Crippen molar-refractivity contribution in [3.8, 4) is 11.5 Å². The molecule has 11 nitrogen and oxygen atoms in total. The summed E-state index contributed by atoms with van der Waals surface area (Å²) in [6.07, 6.45) is 5.28. The lowest BCUT2D eigenvalue weighted by atomic mass is 9.89. The van der Waals surface area contributed by atoms with E-state index in [2.05, 4.69) is 10.2 Å². The Balaban J connectivity index is 1.40. The van der Waals surface area contributed by atoms with Crippen LogP contribution in [-0.2, 0) is 21.0 Å². The second-order valence-corrected chi connectivity index (χ2v) is 10.7. The number of para-hydroxylation sites is 2. The van der Waals surface area contributed by atoms with Gasteiger partial charge in [0.25, 0.3) is 11.0 Å². The molecular formula is C32H38F2N2O9. The van der Waals surface area contributed by atoms with Crippen LogP contribution in [0.5, 0.6) is 11.5 Å². The molecule has 0 heterocycles. The highest BCUT2D eigenvalue weighted by Gasteiger charge is 2.40. The summed E-state index contributed by atoms with van der Waals surface area (Å²) < 4.78 is 39.3. The molecule has 244 valence electrons. The lowest BCUT2D eigenvalue weighted by molar-refractivity contribution is -0.763. The highest BCUT2D eigenvalue weighted by atomic mass is 19.3. The first-order valence-corrected chi connectivity index (χ1v) is 14.6. The monoisotopic (exact) mass is 632 g/mol. The zero-order valence-electron chi connectivity index (χ0n) is 24.8. The number of benzene rings is 2. The Hall–Kier alpha value is -4.36. The van der Waals surface area contributed by atoms with Gasteiger partial charge in [-0.15, -0.1) is 10.1 Å². The Morgan fingerprint density at radius 2 is 1.82 bits per heavy atom. The van der Waals surface area contributed by atoms with Crippen LogP contribution in [0.15, 0.2) is 78.9 Å². The quantitative estimate of drug-likeness (QED) is 0.0568. The van der Waals surface area contributed by atoms with Crippen molar-refractivity contribution >= 4 is 11.9 Å². The van der Waals surface area contributed by atoms with Gasteiger partial charge in [0, 0.05) is 24.3 Å². The average Bonchev–Trinajstić information content (AvgIpc) is 3.28. The maximum absolute atomic E-state index is 14.4. The minimum absolute atomic E-state index is 0.0820. The lowest BCUT2D eigenvalue weighted by Crippen LogP contribution is -2.40. The molecule has 0 bridgehead atoms. The standard InChI is InChI=1S/C32H38F2N2O9/c1-22(31(40)45-29-15-10-9-11-23(29)20-44-36(41)42)35-30(39)16-8-3-2-7-14-25-26(28(38)19-27(25)37)17-18-32(33,34)21-43-24-12-5-4-6-13-24/h2,4-7,9-13,15,17-18,22,25-28,37-38H,3,8,14,16,19-21H2,1H3,(H,35,39)/b7-2-,18-17+/t22?,25-,26-,27+,28-/m1/s1. The molecule has 0 spiro atoms. The molecule has 3 rings (SSSR count). The van der Waals surface area contributed by atoms with E-state index in [-0.39, 0.29) is 24.5 Å². The van der Waals surface area contributed by atoms with Crippen molar-refractivity contribution in [2.45, 2.75) is 69.8 Å². The number of alkyl halides is 2. The third-order valence-electron chi connectivity index (χ3n) is 7.24. The molecule has 13 heteroatoms. The molecule has 45 heavy (non-hydrogen) atoms. The number of amides is 1. The molecule has 1 aliphatic carbocycles. The van der Waals surface area contributed by atoms with E-state index >= 15 is 0 Å². The van der Waals surface area contributed by atoms with Gasteiger partial charge < -0.3 is 29.8 Å². The topological polar surface area (TPSA) is 157 Å². The van der Waals surface area contributed by atoms with Crippen molar-refractivity contribution in [2.75, 3.05) is 6.61 Å². The van der Waals surface area contributed by atoms with Crippen LogP contribution in [-0.4, -0.2) is 58.0 Å². The van der Waals surface area contributed by atoms with Crippen LogP contribution >= 0.6 is 0 Å². The zero-order chi connectivity index (χ0) is 32.8. The van der Waals surface area contributed by atoms with Crippen LogP contribution in [0, 0.1) is 22.0 Å². The molecule has 1 saturated carbocycles. The molecule has 0 aliphatic heterocycles. The summed E-state index contributed by atoms with van der Waals surface area (Å²) in [5.41, 5.74) is 0.293. The number of carbonyl (C=O) groups excluding carboxylic acids is 2. The number of ether oxygens (including phenoxy) is 2. The molecule has 1 unspecified atom stereocenters. The number of aliphatic hydroxyl groups excluding tert-OH is 2. The molecule has 0 saturated heterocycles. The fraction of sp³-hybridized carbons (Fsp3) is 0.438. The molecule has 3 N–H and O–H groups in total. The van der Waals surface area contributed by atoms with E-state index in [9.17, 15) is 38.7 Å². The number of allylic oxidation sites excluding steroid dienone is 2. The second-order valence-electron chi connectivity index (χ2n) is 10.7. The van der Waals surface area contributed by atoms with E-state index < -0.39 is 60.3 Å². The lowest BCUT2D eigenvalue weighted by Gasteiger charge is -2.20. The number of halogens is 2. The normalized spacial score (nSPS) is 20.6. The van der Waals surface area contributed by atoms with Crippen molar-refractivity contribution in [3.63, 3.8) is 0 Å². The van der Waals surface area contributed by atoms with Crippen molar-refractivity contribution in [1.82, 2.24) is 5.32 Å². The summed E-state index contributed by atoms with van der Waals surface area (Å²) >= 11 is 0. The largest absolute Gasteiger partial charge is 0.487 e. The van der Waals surface area contributed by atoms with Crippen molar-refractivity contribution < 1.29 is 48.0 Å². The highest BCUT2D eigenvalue weighted by molar-refractivity contribution is 5.85. The Morgan fingerprint density at radius 1 is 1.11 bits per heavy atom. The minimum Gasteiger partial charge on any atom is -0.487 e. The molecule has 2 aromatic carbocycles. The molecule has 1 fully saturated rings. The molecule has 0 radical (unpaired) electrons. The Morgan fingerprint density at radius 3 is 2.56 bits per heavy atom. The summed E-state index contributed by atoms with van der Waals surface area (Å²) in [4.78, 5) is 39.6. The zero-order valence-corrected chi connectivity index (χ0v) is 24.8. The molecule has 2 aromatic rings. The van der Waals surface area contributed by atoms with Crippen LogP contribution in [0.3, 0.4) is 0 Å². The number of nitrogens with zero attached hydrogens (tertiary/aromatic N) is 1. The number of hydrogen-bond acceptors (Lipinski definition) is 9. The smallest absolute Gasteiger partial charge is 0.333 e. The number of carbonyl (C=O) groups is 2. The van der Waals surface area contributed by atoms with E-state index in [1.165, 1.54) is 25.1 Å². The van der Waals surface area contributed by atoms with Crippen LogP contribution in [0.25, 0.3) is 0 Å². The van der Waals surface area contributed by atoms with Gasteiger partial charge in [-0.1, -0.05) is 54.6 Å². The van der Waals surface area contributed by atoms with Crippen LogP contribution in [0.1, 0.15) is 44.6 Å². The Kier molecular flexibility index (Phi) is 13.4.